The molecule has 1 heterocycles. The molecule has 8 heteroatoms. The van der Waals surface area contributed by atoms with Crippen molar-refractivity contribution in [1.29, 1.82) is 0 Å². The standard InChI is InChI=1S/C19H23N5O3/c1-10-11(5-6-13-16(10)18(20)24-19(21)23-13)9-22-12-7-14(25-2)17(27-4)15(8-12)26-3/h5-8,22H,9H2,1-4H3,(H4,20,21,23,24)/i2D3,3D3,7D,8D. The van der Waals surface area contributed by atoms with Gasteiger partial charge in [-0.2, -0.15) is 4.98 Å². The molecule has 0 amide bonds. The second kappa shape index (κ2) is 7.45. The van der Waals surface area contributed by atoms with Gasteiger partial charge in [-0.15, -0.1) is 0 Å². The Kier molecular flexibility index (Phi) is 2.94. The SMILES string of the molecule is [2H]c1c(NCc2ccc3nc(N)nc(N)c3c2C)c([2H])c(OC([2H])([2H])[2H])c(OC)c1OC([2H])([2H])[2H]. The van der Waals surface area contributed by atoms with E-state index in [9.17, 15) is 0 Å². The van der Waals surface area contributed by atoms with Crippen molar-refractivity contribution in [3.63, 3.8) is 0 Å². The maximum Gasteiger partial charge on any atom is 0.222 e. The molecule has 0 aliphatic carbocycles. The molecular formula is C19H23N5O3. The highest BCUT2D eigenvalue weighted by molar-refractivity contribution is 5.92. The van der Waals surface area contributed by atoms with Crippen molar-refractivity contribution in [2.24, 2.45) is 0 Å². The summed E-state index contributed by atoms with van der Waals surface area (Å²) in [5.74, 6) is -1.50. The Hall–Kier alpha value is -3.42. The lowest BCUT2D eigenvalue weighted by Crippen LogP contribution is -2.06. The predicted octanol–water partition coefficient (Wildman–Crippen LogP) is 2.74. The first-order chi connectivity index (χ1) is 16.1. The number of ether oxygens (including phenoxy) is 3. The van der Waals surface area contributed by atoms with E-state index < -0.39 is 43.4 Å². The monoisotopic (exact) mass is 377 g/mol. The van der Waals surface area contributed by atoms with E-state index >= 15 is 0 Å². The van der Waals surface area contributed by atoms with Crippen molar-refractivity contribution in [3.8, 4) is 17.2 Å². The number of nitrogens with one attached hydrogen (secondary N) is 1. The minimum absolute atomic E-state index is 0.0276. The number of fused-ring (bicyclic) bond motifs is 1. The molecule has 8 nitrogen and oxygen atoms in total. The van der Waals surface area contributed by atoms with Crippen LogP contribution in [0.1, 0.15) is 22.1 Å². The molecule has 3 aromatic rings. The number of hydrogen-bond donors (Lipinski definition) is 3. The number of nitrogens with two attached hydrogens (primary N) is 2. The molecule has 1 aromatic heterocycles. The number of aromatic nitrogens is 2. The molecule has 2 aromatic carbocycles. The van der Waals surface area contributed by atoms with Crippen molar-refractivity contribution in [2.75, 3.05) is 38.0 Å². The molecule has 0 radical (unpaired) electrons. The molecule has 0 saturated heterocycles. The molecule has 5 N–H and O–H groups in total. The Morgan fingerprint density at radius 3 is 2.44 bits per heavy atom. The largest absolute Gasteiger partial charge is 0.493 e. The summed E-state index contributed by atoms with van der Waals surface area (Å²) in [6.45, 7) is 1.81. The first kappa shape index (κ1) is 10.7. The summed E-state index contributed by atoms with van der Waals surface area (Å²) in [7, 11) is -4.87. The normalized spacial score (nSPS) is 15.9. The van der Waals surface area contributed by atoms with Crippen LogP contribution in [0.4, 0.5) is 17.5 Å². The average molecular weight is 377 g/mol. The summed E-state index contributed by atoms with van der Waals surface area (Å²) in [6, 6.07) is 2.34. The fraction of sp³-hybridized carbons (Fsp3) is 0.263. The van der Waals surface area contributed by atoms with E-state index in [1.807, 2.05) is 0 Å². The van der Waals surface area contributed by atoms with Gasteiger partial charge in [-0.1, -0.05) is 6.07 Å². The average Bonchev–Trinajstić information content (AvgIpc) is 2.70. The van der Waals surface area contributed by atoms with E-state index in [-0.39, 0.29) is 24.0 Å². The second-order valence-corrected chi connectivity index (χ2v) is 5.59. The maximum atomic E-state index is 8.46. The van der Waals surface area contributed by atoms with Crippen molar-refractivity contribution >= 4 is 28.4 Å². The molecule has 27 heavy (non-hydrogen) atoms. The van der Waals surface area contributed by atoms with Gasteiger partial charge in [0.05, 0.1) is 37.7 Å². The van der Waals surface area contributed by atoms with Crippen LogP contribution >= 0.6 is 0 Å². The van der Waals surface area contributed by atoms with Crippen LogP contribution in [0.25, 0.3) is 10.9 Å². The van der Waals surface area contributed by atoms with E-state index in [0.717, 1.165) is 7.11 Å². The van der Waals surface area contributed by atoms with Gasteiger partial charge in [0.25, 0.3) is 0 Å². The molecule has 0 bridgehead atoms. The Morgan fingerprint density at radius 2 is 1.81 bits per heavy atom. The van der Waals surface area contributed by atoms with Gasteiger partial charge in [-0.25, -0.2) is 4.98 Å². The molecule has 0 saturated carbocycles. The zero-order valence-electron chi connectivity index (χ0n) is 22.6. The van der Waals surface area contributed by atoms with Crippen molar-refractivity contribution in [2.45, 2.75) is 13.5 Å². The summed E-state index contributed by atoms with van der Waals surface area (Å²) in [4.78, 5) is 8.12. The number of hydrogen-bond acceptors (Lipinski definition) is 8. The zero-order valence-corrected chi connectivity index (χ0v) is 14.6. The Morgan fingerprint density at radius 1 is 1.11 bits per heavy atom. The molecule has 0 atom stereocenters. The van der Waals surface area contributed by atoms with Crippen LogP contribution in [0.15, 0.2) is 24.2 Å². The molecule has 0 aliphatic rings. The van der Waals surface area contributed by atoms with E-state index in [0.29, 0.717) is 22.0 Å². The van der Waals surface area contributed by atoms with Crippen molar-refractivity contribution < 1.29 is 25.2 Å². The Labute approximate surface area is 168 Å². The van der Waals surface area contributed by atoms with Gasteiger partial charge in [-0.3, -0.25) is 0 Å². The molecule has 0 aliphatic heterocycles. The first-order valence-corrected chi connectivity index (χ1v) is 7.77. The van der Waals surface area contributed by atoms with Gasteiger partial charge in [0.15, 0.2) is 11.5 Å². The summed E-state index contributed by atoms with van der Waals surface area (Å²) >= 11 is 0. The van der Waals surface area contributed by atoms with Crippen LogP contribution in [-0.4, -0.2) is 31.2 Å². The number of nitrogens with zero attached hydrogens (tertiary/aromatic N) is 2. The van der Waals surface area contributed by atoms with E-state index in [1.54, 1.807) is 19.1 Å². The number of benzene rings is 2. The van der Waals surface area contributed by atoms with E-state index in [4.69, 9.17) is 36.6 Å². The highest BCUT2D eigenvalue weighted by atomic mass is 16.5. The highest BCUT2D eigenvalue weighted by Crippen LogP contribution is 2.40. The number of aryl methyl sites for hydroxylation is 1. The van der Waals surface area contributed by atoms with Gasteiger partial charge in [0.1, 0.15) is 5.82 Å². The summed E-state index contributed by atoms with van der Waals surface area (Å²) < 4.78 is 76.3. The molecule has 0 unspecified atom stereocenters. The lowest BCUT2D eigenvalue weighted by atomic mass is 10.0. The molecule has 0 fully saturated rings. The van der Waals surface area contributed by atoms with Gasteiger partial charge >= 0.3 is 0 Å². The fourth-order valence-electron chi connectivity index (χ4n) is 2.75. The minimum atomic E-state index is -2.99. The predicted molar refractivity (Wildman–Crippen MR) is 107 cm³/mol. The van der Waals surface area contributed by atoms with E-state index in [1.165, 1.54) is 0 Å². The van der Waals surface area contributed by atoms with E-state index in [2.05, 4.69) is 15.3 Å². The third-order valence-electron chi connectivity index (χ3n) is 4.03. The summed E-state index contributed by atoms with van der Waals surface area (Å²) in [5, 5.41) is 3.45. The van der Waals surface area contributed by atoms with Crippen molar-refractivity contribution in [1.82, 2.24) is 9.97 Å². The van der Waals surface area contributed by atoms with Crippen LogP contribution in [0.5, 0.6) is 17.2 Å². The molecule has 0 spiro atoms. The smallest absolute Gasteiger partial charge is 0.222 e. The fourth-order valence-corrected chi connectivity index (χ4v) is 2.75. The minimum Gasteiger partial charge on any atom is -0.493 e. The zero-order chi connectivity index (χ0) is 26.3. The number of anilines is 3. The quantitative estimate of drug-likeness (QED) is 0.600. The van der Waals surface area contributed by atoms with Crippen LogP contribution < -0.4 is 31.0 Å². The van der Waals surface area contributed by atoms with Crippen molar-refractivity contribution in [3.05, 3.63) is 35.3 Å². The van der Waals surface area contributed by atoms with Crippen LogP contribution in [-0.2, 0) is 6.54 Å². The first-order valence-electron chi connectivity index (χ1n) is 11.8. The third kappa shape index (κ3) is 3.46. The summed E-state index contributed by atoms with van der Waals surface area (Å²) in [6.07, 6.45) is 0. The molecular weight excluding hydrogens is 346 g/mol. The van der Waals surface area contributed by atoms with Crippen LogP contribution in [0.3, 0.4) is 0 Å². The lowest BCUT2D eigenvalue weighted by molar-refractivity contribution is 0.324. The summed E-state index contributed by atoms with van der Waals surface area (Å²) in [5.41, 5.74) is 13.3. The van der Waals surface area contributed by atoms with Gasteiger partial charge < -0.3 is 31.0 Å². The second-order valence-electron chi connectivity index (χ2n) is 5.59. The highest BCUT2D eigenvalue weighted by Gasteiger charge is 2.14. The number of nitrogen functional groups attached to an aromatic ring is 2. The Balaban J connectivity index is 2.11. The molecule has 142 valence electrons. The molecule has 3 rings (SSSR count). The number of rotatable bonds is 6. The van der Waals surface area contributed by atoms with Crippen LogP contribution in [0.2, 0.25) is 0 Å². The number of methoxy groups -OCH3 is 3. The van der Waals surface area contributed by atoms with Gasteiger partial charge in [-0.05, 0) is 24.1 Å². The van der Waals surface area contributed by atoms with Crippen LogP contribution in [0, 0.1) is 6.92 Å². The Bertz CT molecular complexity index is 1240. The topological polar surface area (TPSA) is 118 Å². The maximum absolute atomic E-state index is 8.46. The van der Waals surface area contributed by atoms with Gasteiger partial charge in [0.2, 0.25) is 11.7 Å². The van der Waals surface area contributed by atoms with Gasteiger partial charge in [0, 0.05) is 29.7 Å². The third-order valence-corrected chi connectivity index (χ3v) is 4.03. The lowest BCUT2D eigenvalue weighted by Gasteiger charge is -2.16.